The van der Waals surface area contributed by atoms with E-state index in [9.17, 15) is 9.90 Å². The SMILES string of the molecule is O=C(O[C@@H]1CCCC[C@H]1c1ccccc1)[C@@H](O)c1ccccc1. The summed E-state index contributed by atoms with van der Waals surface area (Å²) in [6.07, 6.45) is 2.71. The lowest BCUT2D eigenvalue weighted by Gasteiger charge is -2.32. The minimum absolute atomic E-state index is 0.156. The summed E-state index contributed by atoms with van der Waals surface area (Å²) in [7, 11) is 0. The molecular formula is C20H22O3. The predicted octanol–water partition coefficient (Wildman–Crippen LogP) is 3.99. The van der Waals surface area contributed by atoms with Crippen molar-refractivity contribution in [2.24, 2.45) is 0 Å². The molecule has 0 radical (unpaired) electrons. The molecular weight excluding hydrogens is 288 g/mol. The van der Waals surface area contributed by atoms with E-state index >= 15 is 0 Å². The third-order valence-electron chi connectivity index (χ3n) is 4.54. The molecule has 0 aliphatic heterocycles. The second-order valence-electron chi connectivity index (χ2n) is 6.09. The molecule has 0 amide bonds. The number of carbonyl (C=O) groups excluding carboxylic acids is 1. The predicted molar refractivity (Wildman–Crippen MR) is 88.9 cm³/mol. The molecule has 0 heterocycles. The largest absolute Gasteiger partial charge is 0.460 e. The first-order valence-electron chi connectivity index (χ1n) is 8.24. The third kappa shape index (κ3) is 3.80. The van der Waals surface area contributed by atoms with Crippen molar-refractivity contribution in [2.45, 2.75) is 43.8 Å². The van der Waals surface area contributed by atoms with E-state index in [0.29, 0.717) is 5.56 Å². The summed E-state index contributed by atoms with van der Waals surface area (Å²) in [6, 6.07) is 19.1. The number of hydrogen-bond donors (Lipinski definition) is 1. The van der Waals surface area contributed by atoms with E-state index in [1.165, 1.54) is 5.56 Å². The molecule has 1 aliphatic carbocycles. The second kappa shape index (κ2) is 7.42. The zero-order chi connectivity index (χ0) is 16.1. The molecule has 3 nitrogen and oxygen atoms in total. The van der Waals surface area contributed by atoms with Crippen molar-refractivity contribution in [1.29, 1.82) is 0 Å². The molecule has 3 rings (SSSR count). The normalized spacial score (nSPS) is 22.3. The fourth-order valence-corrected chi connectivity index (χ4v) is 3.30. The monoisotopic (exact) mass is 310 g/mol. The quantitative estimate of drug-likeness (QED) is 0.869. The molecule has 0 bridgehead atoms. The Kier molecular flexibility index (Phi) is 5.09. The minimum Gasteiger partial charge on any atom is -0.460 e. The maximum atomic E-state index is 12.3. The van der Waals surface area contributed by atoms with Gasteiger partial charge in [0.25, 0.3) is 0 Å². The molecule has 23 heavy (non-hydrogen) atoms. The van der Waals surface area contributed by atoms with Crippen molar-refractivity contribution < 1.29 is 14.6 Å². The Morgan fingerprint density at radius 2 is 1.57 bits per heavy atom. The van der Waals surface area contributed by atoms with Crippen LogP contribution in [0.15, 0.2) is 60.7 Å². The van der Waals surface area contributed by atoms with Gasteiger partial charge in [-0.3, -0.25) is 0 Å². The lowest BCUT2D eigenvalue weighted by molar-refractivity contribution is -0.162. The number of esters is 1. The maximum absolute atomic E-state index is 12.3. The molecule has 120 valence electrons. The van der Waals surface area contributed by atoms with E-state index in [0.717, 1.165) is 25.7 Å². The van der Waals surface area contributed by atoms with E-state index in [2.05, 4.69) is 12.1 Å². The number of ether oxygens (including phenoxy) is 1. The van der Waals surface area contributed by atoms with Gasteiger partial charge in [-0.2, -0.15) is 0 Å². The van der Waals surface area contributed by atoms with E-state index < -0.39 is 12.1 Å². The summed E-state index contributed by atoms with van der Waals surface area (Å²) in [4.78, 5) is 12.3. The highest BCUT2D eigenvalue weighted by Gasteiger charge is 2.31. The van der Waals surface area contributed by atoms with Gasteiger partial charge < -0.3 is 9.84 Å². The van der Waals surface area contributed by atoms with Gasteiger partial charge in [-0.25, -0.2) is 4.79 Å². The number of hydrogen-bond acceptors (Lipinski definition) is 3. The Bertz CT molecular complexity index is 624. The molecule has 1 N–H and O–H groups in total. The van der Waals surface area contributed by atoms with Gasteiger partial charge in [-0.15, -0.1) is 0 Å². The van der Waals surface area contributed by atoms with Crippen LogP contribution < -0.4 is 0 Å². The van der Waals surface area contributed by atoms with E-state index in [-0.39, 0.29) is 12.0 Å². The lowest BCUT2D eigenvalue weighted by atomic mass is 9.81. The molecule has 0 saturated heterocycles. The molecule has 0 aromatic heterocycles. The second-order valence-corrected chi connectivity index (χ2v) is 6.09. The van der Waals surface area contributed by atoms with Gasteiger partial charge >= 0.3 is 5.97 Å². The maximum Gasteiger partial charge on any atom is 0.339 e. The zero-order valence-corrected chi connectivity index (χ0v) is 13.1. The molecule has 2 aromatic rings. The Hall–Kier alpha value is -2.13. The molecule has 2 aromatic carbocycles. The van der Waals surface area contributed by atoms with Gasteiger partial charge in [0.05, 0.1) is 0 Å². The van der Waals surface area contributed by atoms with Gasteiger partial charge in [0.2, 0.25) is 0 Å². The van der Waals surface area contributed by atoms with Crippen LogP contribution >= 0.6 is 0 Å². The number of aliphatic hydroxyl groups excluding tert-OH is 1. The lowest BCUT2D eigenvalue weighted by Crippen LogP contribution is -2.30. The fourth-order valence-electron chi connectivity index (χ4n) is 3.30. The zero-order valence-electron chi connectivity index (χ0n) is 13.1. The van der Waals surface area contributed by atoms with Gasteiger partial charge in [0.15, 0.2) is 6.10 Å². The summed E-state index contributed by atoms with van der Waals surface area (Å²) in [6.45, 7) is 0. The molecule has 1 aliphatic rings. The van der Waals surface area contributed by atoms with Crippen molar-refractivity contribution in [1.82, 2.24) is 0 Å². The van der Waals surface area contributed by atoms with Crippen LogP contribution in [0, 0.1) is 0 Å². The van der Waals surface area contributed by atoms with Crippen LogP contribution in [0.4, 0.5) is 0 Å². The van der Waals surface area contributed by atoms with Crippen LogP contribution in [-0.2, 0) is 9.53 Å². The average Bonchev–Trinajstić information content (AvgIpc) is 2.63. The number of rotatable bonds is 4. The summed E-state index contributed by atoms with van der Waals surface area (Å²) in [5.74, 6) is -0.332. The van der Waals surface area contributed by atoms with Crippen LogP contribution in [0.5, 0.6) is 0 Å². The van der Waals surface area contributed by atoms with Crippen LogP contribution in [0.25, 0.3) is 0 Å². The van der Waals surface area contributed by atoms with E-state index in [1.54, 1.807) is 24.3 Å². The summed E-state index contributed by atoms with van der Waals surface area (Å²) < 4.78 is 5.69. The van der Waals surface area contributed by atoms with Crippen LogP contribution in [-0.4, -0.2) is 17.2 Å². The van der Waals surface area contributed by atoms with Crippen LogP contribution in [0.1, 0.15) is 48.8 Å². The number of carbonyl (C=O) groups is 1. The van der Waals surface area contributed by atoms with Crippen molar-refractivity contribution in [2.75, 3.05) is 0 Å². The Morgan fingerprint density at radius 3 is 2.26 bits per heavy atom. The minimum atomic E-state index is -1.21. The van der Waals surface area contributed by atoms with Crippen molar-refractivity contribution in [3.8, 4) is 0 Å². The molecule has 1 saturated carbocycles. The highest BCUT2D eigenvalue weighted by atomic mass is 16.6. The van der Waals surface area contributed by atoms with Crippen LogP contribution in [0.2, 0.25) is 0 Å². The topological polar surface area (TPSA) is 46.5 Å². The first-order valence-corrected chi connectivity index (χ1v) is 8.24. The molecule has 3 heteroatoms. The first kappa shape index (κ1) is 15.8. The van der Waals surface area contributed by atoms with Gasteiger partial charge in [0.1, 0.15) is 6.10 Å². The highest BCUT2D eigenvalue weighted by Crippen LogP contribution is 2.35. The van der Waals surface area contributed by atoms with Crippen molar-refractivity contribution in [3.63, 3.8) is 0 Å². The molecule has 0 spiro atoms. The third-order valence-corrected chi connectivity index (χ3v) is 4.54. The molecule has 0 unspecified atom stereocenters. The number of benzene rings is 2. The fraction of sp³-hybridized carbons (Fsp3) is 0.350. The van der Waals surface area contributed by atoms with Crippen molar-refractivity contribution in [3.05, 3.63) is 71.8 Å². The number of aliphatic hydroxyl groups is 1. The standard InChI is InChI=1S/C20H22O3/c21-19(16-11-5-2-6-12-16)20(22)23-18-14-8-7-13-17(18)15-9-3-1-4-10-15/h1-6,9-12,17-19,21H,7-8,13-14H2/t17-,18+,19-/m0/s1. The average molecular weight is 310 g/mol. The molecule has 1 fully saturated rings. The molecule has 3 atom stereocenters. The van der Waals surface area contributed by atoms with Crippen molar-refractivity contribution >= 4 is 5.97 Å². The Labute approximate surface area is 136 Å². The smallest absolute Gasteiger partial charge is 0.339 e. The van der Waals surface area contributed by atoms with Gasteiger partial charge in [0, 0.05) is 5.92 Å². The summed E-state index contributed by atoms with van der Waals surface area (Å²) in [5.41, 5.74) is 1.78. The van der Waals surface area contributed by atoms with E-state index in [1.807, 2.05) is 24.3 Å². The first-order chi connectivity index (χ1) is 11.3. The van der Waals surface area contributed by atoms with Gasteiger partial charge in [-0.1, -0.05) is 67.1 Å². The van der Waals surface area contributed by atoms with Gasteiger partial charge in [-0.05, 0) is 30.4 Å². The van der Waals surface area contributed by atoms with E-state index in [4.69, 9.17) is 4.74 Å². The summed E-state index contributed by atoms with van der Waals surface area (Å²) >= 11 is 0. The Balaban J connectivity index is 1.71. The highest BCUT2D eigenvalue weighted by molar-refractivity contribution is 5.76. The Morgan fingerprint density at radius 1 is 0.957 bits per heavy atom. The van der Waals surface area contributed by atoms with Crippen LogP contribution in [0.3, 0.4) is 0 Å². The summed E-state index contributed by atoms with van der Waals surface area (Å²) in [5, 5.41) is 10.2.